The molecule has 0 radical (unpaired) electrons. The Morgan fingerprint density at radius 2 is 2.22 bits per heavy atom. The molecule has 1 aliphatic rings. The Bertz CT molecular complexity index is 414. The summed E-state index contributed by atoms with van der Waals surface area (Å²) in [6, 6.07) is 6.27. The summed E-state index contributed by atoms with van der Waals surface area (Å²) in [7, 11) is 1.68. The van der Waals surface area contributed by atoms with Gasteiger partial charge in [-0.3, -0.25) is 0 Å². The second-order valence-corrected chi connectivity index (χ2v) is 5.69. The van der Waals surface area contributed by atoms with Gasteiger partial charge < -0.3 is 15.2 Å². The lowest BCUT2D eigenvalue weighted by molar-refractivity contribution is -0.0898. The van der Waals surface area contributed by atoms with Gasteiger partial charge in [-0.25, -0.2) is 0 Å². The lowest BCUT2D eigenvalue weighted by atomic mass is 9.67. The molecule has 1 aliphatic heterocycles. The largest absolute Gasteiger partial charge is 0.496 e. The summed E-state index contributed by atoms with van der Waals surface area (Å²) in [4.78, 5) is 0. The zero-order valence-corrected chi connectivity index (χ0v) is 12.5. The molecule has 1 unspecified atom stereocenters. The summed E-state index contributed by atoms with van der Waals surface area (Å²) in [5.41, 5.74) is 7.29. The van der Waals surface area contributed by atoms with Crippen molar-refractivity contribution in [3.8, 4) is 5.75 Å². The third-order valence-electron chi connectivity index (χ3n) is 4.00. The average Bonchev–Trinajstić information content (AvgIpc) is 2.33. The molecular formula is C14H20BrNO2. The molecule has 2 rings (SSSR count). The Morgan fingerprint density at radius 3 is 2.61 bits per heavy atom. The van der Waals surface area contributed by atoms with Crippen LogP contribution in [0.15, 0.2) is 22.7 Å². The lowest BCUT2D eigenvalue weighted by Gasteiger charge is -2.47. The minimum atomic E-state index is 0.0816. The maximum atomic E-state index is 5.92. The van der Waals surface area contributed by atoms with Gasteiger partial charge in [-0.2, -0.15) is 0 Å². The van der Waals surface area contributed by atoms with Gasteiger partial charge in [0.1, 0.15) is 5.75 Å². The molecule has 0 saturated carbocycles. The summed E-state index contributed by atoms with van der Waals surface area (Å²) in [6.07, 6.45) is 1.07. The van der Waals surface area contributed by atoms with Crippen molar-refractivity contribution in [1.29, 1.82) is 0 Å². The number of hydrogen-bond acceptors (Lipinski definition) is 3. The van der Waals surface area contributed by atoms with Crippen LogP contribution in [0.4, 0.5) is 0 Å². The molecule has 1 heterocycles. The van der Waals surface area contributed by atoms with Crippen LogP contribution in [-0.4, -0.2) is 26.9 Å². The fraction of sp³-hybridized carbons (Fsp3) is 0.571. The van der Waals surface area contributed by atoms with Crippen LogP contribution >= 0.6 is 15.9 Å². The predicted octanol–water partition coefficient (Wildman–Crippen LogP) is 2.71. The zero-order chi connectivity index (χ0) is 13.2. The first-order valence-electron chi connectivity index (χ1n) is 6.29. The van der Waals surface area contributed by atoms with E-state index in [4.69, 9.17) is 15.2 Å². The van der Waals surface area contributed by atoms with Gasteiger partial charge >= 0.3 is 0 Å². The predicted molar refractivity (Wildman–Crippen MR) is 76.0 cm³/mol. The summed E-state index contributed by atoms with van der Waals surface area (Å²) in [5.74, 6) is 1.32. The fourth-order valence-electron chi connectivity index (χ4n) is 2.72. The topological polar surface area (TPSA) is 44.5 Å². The van der Waals surface area contributed by atoms with E-state index >= 15 is 0 Å². The molecule has 18 heavy (non-hydrogen) atoms. The van der Waals surface area contributed by atoms with Crippen LogP contribution < -0.4 is 10.5 Å². The molecule has 0 spiro atoms. The van der Waals surface area contributed by atoms with Gasteiger partial charge in [-0.1, -0.05) is 19.4 Å². The Kier molecular flexibility index (Phi) is 4.30. The second-order valence-electron chi connectivity index (χ2n) is 4.84. The van der Waals surface area contributed by atoms with Gasteiger partial charge in [-0.05, 0) is 46.1 Å². The Hall–Kier alpha value is -0.580. The quantitative estimate of drug-likeness (QED) is 0.909. The molecule has 2 N–H and O–H groups in total. The number of hydrogen-bond donors (Lipinski definition) is 1. The second kappa shape index (κ2) is 5.59. The molecule has 0 bridgehead atoms. The Balaban J connectivity index is 2.35. The number of benzene rings is 1. The first-order valence-corrected chi connectivity index (χ1v) is 7.09. The molecule has 1 aromatic carbocycles. The first kappa shape index (κ1) is 13.8. The first-order chi connectivity index (χ1) is 8.67. The molecule has 1 atom stereocenters. The molecule has 100 valence electrons. The van der Waals surface area contributed by atoms with Crippen molar-refractivity contribution in [1.82, 2.24) is 0 Å². The van der Waals surface area contributed by atoms with Crippen molar-refractivity contribution in [2.75, 3.05) is 26.9 Å². The van der Waals surface area contributed by atoms with E-state index in [1.54, 1.807) is 7.11 Å². The van der Waals surface area contributed by atoms with Crippen LogP contribution in [0.5, 0.6) is 5.75 Å². The maximum Gasteiger partial charge on any atom is 0.133 e. The van der Waals surface area contributed by atoms with Crippen LogP contribution in [0.2, 0.25) is 0 Å². The molecule has 3 nitrogen and oxygen atoms in total. The zero-order valence-electron chi connectivity index (χ0n) is 10.9. The molecular weight excluding hydrogens is 294 g/mol. The molecule has 0 aromatic heterocycles. The highest BCUT2D eigenvalue weighted by Crippen LogP contribution is 2.42. The fourth-order valence-corrected chi connectivity index (χ4v) is 3.26. The minimum absolute atomic E-state index is 0.0816. The Labute approximate surface area is 117 Å². The highest BCUT2D eigenvalue weighted by atomic mass is 79.9. The third-order valence-corrected chi connectivity index (χ3v) is 4.62. The van der Waals surface area contributed by atoms with E-state index in [9.17, 15) is 0 Å². The standard InChI is InChI=1S/C14H20BrNO2/c1-3-10(7-16)14(8-18-9-14)11-4-5-13(17-2)12(15)6-11/h4-6,10H,3,7-9,16H2,1-2H3. The highest BCUT2D eigenvalue weighted by molar-refractivity contribution is 9.10. The van der Waals surface area contributed by atoms with Crippen LogP contribution in [0.1, 0.15) is 18.9 Å². The normalized spacial score (nSPS) is 19.1. The number of rotatable bonds is 5. The SMILES string of the molecule is CCC(CN)C1(c2ccc(OC)c(Br)c2)COC1. The van der Waals surface area contributed by atoms with Crippen molar-refractivity contribution < 1.29 is 9.47 Å². The molecule has 1 fully saturated rings. The summed E-state index contributed by atoms with van der Waals surface area (Å²) >= 11 is 3.55. The summed E-state index contributed by atoms with van der Waals surface area (Å²) in [5, 5.41) is 0. The Morgan fingerprint density at radius 1 is 1.50 bits per heavy atom. The van der Waals surface area contributed by atoms with E-state index in [-0.39, 0.29) is 5.41 Å². The monoisotopic (exact) mass is 313 g/mol. The van der Waals surface area contributed by atoms with E-state index in [2.05, 4.69) is 35.0 Å². The summed E-state index contributed by atoms with van der Waals surface area (Å²) in [6.45, 7) is 4.42. The number of methoxy groups -OCH3 is 1. The third kappa shape index (κ3) is 2.17. The van der Waals surface area contributed by atoms with Crippen LogP contribution in [0, 0.1) is 5.92 Å². The van der Waals surface area contributed by atoms with Gasteiger partial charge in [0.25, 0.3) is 0 Å². The van der Waals surface area contributed by atoms with Gasteiger partial charge in [0.2, 0.25) is 0 Å². The van der Waals surface area contributed by atoms with E-state index in [0.29, 0.717) is 12.5 Å². The van der Waals surface area contributed by atoms with Crippen LogP contribution in [0.25, 0.3) is 0 Å². The van der Waals surface area contributed by atoms with Crippen molar-refractivity contribution in [3.63, 3.8) is 0 Å². The maximum absolute atomic E-state index is 5.92. The van der Waals surface area contributed by atoms with E-state index in [0.717, 1.165) is 29.9 Å². The molecule has 0 aliphatic carbocycles. The van der Waals surface area contributed by atoms with Gasteiger partial charge in [0, 0.05) is 5.41 Å². The van der Waals surface area contributed by atoms with Crippen molar-refractivity contribution >= 4 is 15.9 Å². The van der Waals surface area contributed by atoms with Gasteiger partial charge in [0.15, 0.2) is 0 Å². The molecule has 0 amide bonds. The van der Waals surface area contributed by atoms with Crippen LogP contribution in [-0.2, 0) is 10.2 Å². The van der Waals surface area contributed by atoms with E-state index < -0.39 is 0 Å². The smallest absolute Gasteiger partial charge is 0.133 e. The summed E-state index contributed by atoms with van der Waals surface area (Å²) < 4.78 is 11.7. The van der Waals surface area contributed by atoms with Crippen molar-refractivity contribution in [3.05, 3.63) is 28.2 Å². The lowest BCUT2D eigenvalue weighted by Crippen LogP contribution is -2.54. The van der Waals surface area contributed by atoms with Gasteiger partial charge in [0.05, 0.1) is 24.8 Å². The number of ether oxygens (including phenoxy) is 2. The minimum Gasteiger partial charge on any atom is -0.496 e. The molecule has 4 heteroatoms. The number of nitrogens with two attached hydrogens (primary N) is 1. The average molecular weight is 314 g/mol. The van der Waals surface area contributed by atoms with Crippen LogP contribution in [0.3, 0.4) is 0 Å². The van der Waals surface area contributed by atoms with Crippen molar-refractivity contribution in [2.24, 2.45) is 11.7 Å². The highest BCUT2D eigenvalue weighted by Gasteiger charge is 2.45. The van der Waals surface area contributed by atoms with Gasteiger partial charge in [-0.15, -0.1) is 0 Å². The van der Waals surface area contributed by atoms with E-state index in [1.807, 2.05) is 6.07 Å². The molecule has 1 aromatic rings. The van der Waals surface area contributed by atoms with Crippen molar-refractivity contribution in [2.45, 2.75) is 18.8 Å². The number of halogens is 1. The van der Waals surface area contributed by atoms with E-state index in [1.165, 1.54) is 5.56 Å². The molecule has 1 saturated heterocycles.